The van der Waals surface area contributed by atoms with Crippen LogP contribution in [0.2, 0.25) is 0 Å². The maximum atomic E-state index is 11.1. The van der Waals surface area contributed by atoms with Crippen molar-refractivity contribution in [1.29, 1.82) is 0 Å². The average Bonchev–Trinajstić information content (AvgIpc) is 2.14. The largest absolute Gasteiger partial charge is 0.466 e. The van der Waals surface area contributed by atoms with Crippen molar-refractivity contribution in [3.8, 4) is 0 Å². The van der Waals surface area contributed by atoms with Crippen LogP contribution >= 0.6 is 0 Å². The molecule has 15 heavy (non-hydrogen) atoms. The number of unbranched alkanes of at least 4 members (excludes halogenated alkanes) is 1. The van der Waals surface area contributed by atoms with E-state index in [1.807, 2.05) is 6.92 Å². The first kappa shape index (κ1) is 13.8. The minimum Gasteiger partial charge on any atom is -0.466 e. The number of hydrogen-bond acceptors (Lipinski definition) is 4. The highest BCUT2D eigenvalue weighted by Gasteiger charge is 2.09. The molecule has 0 heterocycles. The van der Waals surface area contributed by atoms with Crippen LogP contribution in [0.3, 0.4) is 0 Å². The highest BCUT2D eigenvalue weighted by molar-refractivity contribution is 5.98. The normalized spacial score (nSPS) is 9.73. The molecule has 0 radical (unpaired) electrons. The van der Waals surface area contributed by atoms with Crippen molar-refractivity contribution in [1.82, 2.24) is 0 Å². The maximum absolute atomic E-state index is 11.1. The molecule has 0 aliphatic carbocycles. The van der Waals surface area contributed by atoms with Crippen LogP contribution in [-0.2, 0) is 19.1 Å². The summed E-state index contributed by atoms with van der Waals surface area (Å²) in [7, 11) is 0. The predicted octanol–water partition coefficient (Wildman–Crippen LogP) is 1.66. The molecule has 0 aromatic carbocycles. The van der Waals surface area contributed by atoms with E-state index >= 15 is 0 Å². The molecule has 0 aliphatic rings. The van der Waals surface area contributed by atoms with E-state index in [9.17, 15) is 14.4 Å². The van der Waals surface area contributed by atoms with Gasteiger partial charge >= 0.3 is 5.97 Å². The lowest BCUT2D eigenvalue weighted by molar-refractivity contribution is -0.145. The van der Waals surface area contributed by atoms with Gasteiger partial charge < -0.3 is 4.74 Å². The fourth-order valence-electron chi connectivity index (χ4n) is 1.01. The molecule has 0 saturated carbocycles. The zero-order chi connectivity index (χ0) is 11.7. The Morgan fingerprint density at radius 2 is 1.80 bits per heavy atom. The summed E-state index contributed by atoms with van der Waals surface area (Å²) in [4.78, 5) is 32.7. The Kier molecular flexibility index (Phi) is 7.50. The highest BCUT2D eigenvalue weighted by Crippen LogP contribution is 1.99. The number of esters is 1. The fraction of sp³-hybridized carbons (Fsp3) is 0.727. The molecule has 4 nitrogen and oxygen atoms in total. The summed E-state index contributed by atoms with van der Waals surface area (Å²) in [6.45, 7) is 3.78. The second-order valence-corrected chi connectivity index (χ2v) is 3.49. The molecule has 0 spiro atoms. The Bertz CT molecular complexity index is 233. The standard InChI is InChI=1S/C11H18O4/c1-3-4-7-15-11(14)6-5-10(13)8-9(2)12/h3-8H2,1-2H3. The lowest BCUT2D eigenvalue weighted by Gasteiger charge is -2.02. The van der Waals surface area contributed by atoms with E-state index in [2.05, 4.69) is 0 Å². The summed E-state index contributed by atoms with van der Waals surface area (Å²) in [6, 6.07) is 0. The van der Waals surface area contributed by atoms with Crippen molar-refractivity contribution in [2.75, 3.05) is 6.61 Å². The van der Waals surface area contributed by atoms with Gasteiger partial charge in [-0.3, -0.25) is 14.4 Å². The van der Waals surface area contributed by atoms with Gasteiger partial charge in [-0.2, -0.15) is 0 Å². The van der Waals surface area contributed by atoms with Crippen LogP contribution in [0.4, 0.5) is 0 Å². The van der Waals surface area contributed by atoms with Gasteiger partial charge in [-0.25, -0.2) is 0 Å². The van der Waals surface area contributed by atoms with Gasteiger partial charge in [0.2, 0.25) is 0 Å². The van der Waals surface area contributed by atoms with Crippen LogP contribution in [0, 0.1) is 0 Å². The van der Waals surface area contributed by atoms with Crippen LogP contribution in [0.5, 0.6) is 0 Å². The summed E-state index contributed by atoms with van der Waals surface area (Å²) in [5.41, 5.74) is 0. The molecular formula is C11H18O4. The number of Topliss-reactive ketones (excluding diaryl/α,β-unsaturated/α-hetero) is 2. The lowest BCUT2D eigenvalue weighted by Crippen LogP contribution is -2.10. The Hall–Kier alpha value is -1.19. The lowest BCUT2D eigenvalue weighted by atomic mass is 10.1. The van der Waals surface area contributed by atoms with Crippen LogP contribution in [0.1, 0.15) is 46.0 Å². The fourth-order valence-corrected chi connectivity index (χ4v) is 1.01. The molecule has 4 heteroatoms. The van der Waals surface area contributed by atoms with Crippen LogP contribution < -0.4 is 0 Å². The minimum atomic E-state index is -0.361. The van der Waals surface area contributed by atoms with E-state index in [0.717, 1.165) is 12.8 Å². The maximum Gasteiger partial charge on any atom is 0.306 e. The molecule has 0 unspecified atom stereocenters. The molecular weight excluding hydrogens is 196 g/mol. The minimum absolute atomic E-state index is 0.0792. The second kappa shape index (κ2) is 8.15. The number of ketones is 2. The molecule has 0 saturated heterocycles. The Labute approximate surface area is 90.0 Å². The third kappa shape index (κ3) is 9.12. The van der Waals surface area contributed by atoms with Gasteiger partial charge in [-0.05, 0) is 13.3 Å². The summed E-state index contributed by atoms with van der Waals surface area (Å²) < 4.78 is 4.86. The van der Waals surface area contributed by atoms with E-state index in [4.69, 9.17) is 4.74 Å². The van der Waals surface area contributed by atoms with Gasteiger partial charge in [0.05, 0.1) is 19.4 Å². The van der Waals surface area contributed by atoms with Crippen molar-refractivity contribution in [2.24, 2.45) is 0 Å². The monoisotopic (exact) mass is 214 g/mol. The number of carbonyl (C=O) groups excluding carboxylic acids is 3. The smallest absolute Gasteiger partial charge is 0.306 e. The number of rotatable bonds is 8. The molecule has 0 N–H and O–H groups in total. The van der Waals surface area contributed by atoms with Crippen molar-refractivity contribution in [2.45, 2.75) is 46.0 Å². The van der Waals surface area contributed by atoms with Crippen molar-refractivity contribution >= 4 is 17.5 Å². The third-order valence-electron chi connectivity index (χ3n) is 1.82. The van der Waals surface area contributed by atoms with Crippen LogP contribution in [0.25, 0.3) is 0 Å². The summed E-state index contributed by atoms with van der Waals surface area (Å²) in [6.07, 6.45) is 1.91. The van der Waals surface area contributed by atoms with Crippen molar-refractivity contribution < 1.29 is 19.1 Å². The SMILES string of the molecule is CCCCOC(=O)CCC(=O)CC(C)=O. The van der Waals surface area contributed by atoms with Gasteiger partial charge in [0.25, 0.3) is 0 Å². The zero-order valence-electron chi connectivity index (χ0n) is 9.38. The third-order valence-corrected chi connectivity index (χ3v) is 1.82. The first-order valence-corrected chi connectivity index (χ1v) is 5.23. The first-order chi connectivity index (χ1) is 7.06. The molecule has 0 aromatic rings. The molecule has 0 fully saturated rings. The molecule has 0 aromatic heterocycles. The second-order valence-electron chi connectivity index (χ2n) is 3.49. The number of hydrogen-bond donors (Lipinski definition) is 0. The van der Waals surface area contributed by atoms with Crippen LogP contribution in [-0.4, -0.2) is 24.1 Å². The summed E-state index contributed by atoms with van der Waals surface area (Å²) >= 11 is 0. The molecule has 86 valence electrons. The number of carbonyl (C=O) groups is 3. The Morgan fingerprint density at radius 1 is 1.13 bits per heavy atom. The van der Waals surface area contributed by atoms with E-state index in [1.165, 1.54) is 6.92 Å². The van der Waals surface area contributed by atoms with Gasteiger partial charge in [-0.1, -0.05) is 13.3 Å². The quantitative estimate of drug-likeness (QED) is 0.350. The molecule has 0 rings (SSSR count). The number of ether oxygens (including phenoxy) is 1. The summed E-state index contributed by atoms with van der Waals surface area (Å²) in [5, 5.41) is 0. The summed E-state index contributed by atoms with van der Waals surface area (Å²) in [5.74, 6) is -0.727. The molecule has 0 atom stereocenters. The van der Waals surface area contributed by atoms with Gasteiger partial charge in [0.1, 0.15) is 11.6 Å². The van der Waals surface area contributed by atoms with E-state index < -0.39 is 0 Å². The van der Waals surface area contributed by atoms with Crippen LogP contribution in [0.15, 0.2) is 0 Å². The molecule has 0 aliphatic heterocycles. The van der Waals surface area contributed by atoms with Gasteiger partial charge in [0, 0.05) is 6.42 Å². The highest BCUT2D eigenvalue weighted by atomic mass is 16.5. The van der Waals surface area contributed by atoms with Crippen molar-refractivity contribution in [3.63, 3.8) is 0 Å². The van der Waals surface area contributed by atoms with E-state index in [0.29, 0.717) is 6.61 Å². The van der Waals surface area contributed by atoms with Gasteiger partial charge in [0.15, 0.2) is 0 Å². The zero-order valence-corrected chi connectivity index (χ0v) is 9.38. The van der Waals surface area contributed by atoms with E-state index in [-0.39, 0.29) is 36.8 Å². The van der Waals surface area contributed by atoms with Crippen molar-refractivity contribution in [3.05, 3.63) is 0 Å². The average molecular weight is 214 g/mol. The predicted molar refractivity (Wildman–Crippen MR) is 55.4 cm³/mol. The first-order valence-electron chi connectivity index (χ1n) is 5.23. The Morgan fingerprint density at radius 3 is 2.33 bits per heavy atom. The topological polar surface area (TPSA) is 60.4 Å². The molecule has 0 amide bonds. The van der Waals surface area contributed by atoms with E-state index in [1.54, 1.807) is 0 Å². The van der Waals surface area contributed by atoms with Gasteiger partial charge in [-0.15, -0.1) is 0 Å². The Balaban J connectivity index is 3.53. The molecule has 0 bridgehead atoms.